The number of carbonyl (C=O) groups is 1. The zero-order chi connectivity index (χ0) is 17.6. The maximum Gasteiger partial charge on any atom is 0.262 e. The van der Waals surface area contributed by atoms with E-state index in [1.807, 2.05) is 30.8 Å². The van der Waals surface area contributed by atoms with Gasteiger partial charge >= 0.3 is 0 Å². The molecule has 25 heavy (non-hydrogen) atoms. The first kappa shape index (κ1) is 17.5. The first-order valence-corrected chi connectivity index (χ1v) is 9.43. The lowest BCUT2D eigenvalue weighted by atomic mass is 10.1. The molecule has 2 N–H and O–H groups in total. The molecule has 132 valence electrons. The standard InChI is InChI=1S/C19H22N2O3S/c1-14-12-15(21-8-10-25-11-9-21)6-7-16(14)20-19(23)13-24-18-5-3-2-4-17(18)22/h2-7,12,22H,8-11,13H2,1H3,(H,20,23). The molecular weight excluding hydrogens is 336 g/mol. The molecule has 0 aromatic heterocycles. The second-order valence-corrected chi connectivity index (χ2v) is 7.13. The number of benzene rings is 2. The lowest BCUT2D eigenvalue weighted by Gasteiger charge is -2.29. The van der Waals surface area contributed by atoms with Crippen molar-refractivity contribution in [2.24, 2.45) is 0 Å². The van der Waals surface area contributed by atoms with Gasteiger partial charge in [0, 0.05) is 36.0 Å². The molecule has 2 aromatic carbocycles. The van der Waals surface area contributed by atoms with Gasteiger partial charge in [-0.25, -0.2) is 0 Å². The average Bonchev–Trinajstić information content (AvgIpc) is 2.63. The molecule has 2 aromatic rings. The summed E-state index contributed by atoms with van der Waals surface area (Å²) in [5.74, 6) is 2.37. The van der Waals surface area contributed by atoms with Crippen molar-refractivity contribution in [3.8, 4) is 11.5 Å². The van der Waals surface area contributed by atoms with E-state index >= 15 is 0 Å². The molecule has 0 unspecified atom stereocenters. The Bertz CT molecular complexity index is 745. The van der Waals surface area contributed by atoms with Crippen molar-refractivity contribution in [2.45, 2.75) is 6.92 Å². The van der Waals surface area contributed by atoms with Gasteiger partial charge in [-0.2, -0.15) is 11.8 Å². The highest BCUT2D eigenvalue weighted by molar-refractivity contribution is 7.99. The average molecular weight is 358 g/mol. The van der Waals surface area contributed by atoms with Crippen LogP contribution in [-0.2, 0) is 4.79 Å². The predicted octanol–water partition coefficient (Wildman–Crippen LogP) is 3.27. The number of ether oxygens (including phenoxy) is 1. The number of phenols is 1. The van der Waals surface area contributed by atoms with E-state index in [0.29, 0.717) is 5.75 Å². The molecular formula is C19H22N2O3S. The number of amides is 1. The van der Waals surface area contributed by atoms with Gasteiger partial charge in [0.2, 0.25) is 0 Å². The van der Waals surface area contributed by atoms with E-state index in [4.69, 9.17) is 4.74 Å². The third kappa shape index (κ3) is 4.60. The Kier molecular flexibility index (Phi) is 5.71. The zero-order valence-electron chi connectivity index (χ0n) is 14.2. The molecule has 1 saturated heterocycles. The molecule has 1 aliphatic heterocycles. The van der Waals surface area contributed by atoms with Gasteiger partial charge in [-0.05, 0) is 42.8 Å². The second-order valence-electron chi connectivity index (χ2n) is 5.90. The van der Waals surface area contributed by atoms with Crippen LogP contribution < -0.4 is 15.0 Å². The van der Waals surface area contributed by atoms with Gasteiger partial charge in [0.05, 0.1) is 0 Å². The third-order valence-electron chi connectivity index (χ3n) is 4.08. The Morgan fingerprint density at radius 2 is 2.00 bits per heavy atom. The van der Waals surface area contributed by atoms with Crippen molar-refractivity contribution >= 4 is 29.0 Å². The van der Waals surface area contributed by atoms with Gasteiger partial charge < -0.3 is 20.1 Å². The van der Waals surface area contributed by atoms with Gasteiger partial charge in [0.15, 0.2) is 18.1 Å². The van der Waals surface area contributed by atoms with E-state index in [2.05, 4.69) is 16.3 Å². The van der Waals surface area contributed by atoms with Crippen LogP contribution >= 0.6 is 11.8 Å². The molecule has 0 atom stereocenters. The second kappa shape index (κ2) is 8.16. The van der Waals surface area contributed by atoms with E-state index in [0.717, 1.165) is 35.8 Å². The van der Waals surface area contributed by atoms with Crippen LogP contribution in [0.5, 0.6) is 11.5 Å². The van der Waals surface area contributed by atoms with E-state index in [-0.39, 0.29) is 18.3 Å². The normalized spacial score (nSPS) is 14.2. The number of aromatic hydroxyl groups is 1. The van der Waals surface area contributed by atoms with Crippen molar-refractivity contribution in [1.29, 1.82) is 0 Å². The number of hydrogen-bond donors (Lipinski definition) is 2. The Hall–Kier alpha value is -2.34. The summed E-state index contributed by atoms with van der Waals surface area (Å²) in [6, 6.07) is 12.7. The summed E-state index contributed by atoms with van der Waals surface area (Å²) in [5, 5.41) is 12.5. The van der Waals surface area contributed by atoms with Crippen molar-refractivity contribution in [3.05, 3.63) is 48.0 Å². The Morgan fingerprint density at radius 1 is 1.24 bits per heavy atom. The minimum atomic E-state index is -0.256. The van der Waals surface area contributed by atoms with Crippen LogP contribution in [0, 0.1) is 6.92 Å². The van der Waals surface area contributed by atoms with Crippen LogP contribution in [-0.4, -0.2) is 42.2 Å². The maximum absolute atomic E-state index is 12.1. The van der Waals surface area contributed by atoms with Crippen LogP contribution in [0.1, 0.15) is 5.56 Å². The number of para-hydroxylation sites is 2. The quantitative estimate of drug-likeness (QED) is 0.859. The van der Waals surface area contributed by atoms with Gasteiger partial charge in [-0.15, -0.1) is 0 Å². The van der Waals surface area contributed by atoms with Gasteiger partial charge in [0.25, 0.3) is 5.91 Å². The fourth-order valence-electron chi connectivity index (χ4n) is 2.72. The first-order chi connectivity index (χ1) is 12.1. The summed E-state index contributed by atoms with van der Waals surface area (Å²) in [6.07, 6.45) is 0. The molecule has 3 rings (SSSR count). The summed E-state index contributed by atoms with van der Waals surface area (Å²) in [5.41, 5.74) is 2.99. The molecule has 6 heteroatoms. The highest BCUT2D eigenvalue weighted by atomic mass is 32.2. The topological polar surface area (TPSA) is 61.8 Å². The number of anilines is 2. The number of thioether (sulfide) groups is 1. The fraction of sp³-hybridized carbons (Fsp3) is 0.316. The molecule has 0 bridgehead atoms. The van der Waals surface area contributed by atoms with Crippen molar-refractivity contribution in [1.82, 2.24) is 0 Å². The van der Waals surface area contributed by atoms with E-state index in [9.17, 15) is 9.90 Å². The Morgan fingerprint density at radius 3 is 2.72 bits per heavy atom. The molecule has 0 spiro atoms. The zero-order valence-corrected chi connectivity index (χ0v) is 15.0. The van der Waals surface area contributed by atoms with Gasteiger partial charge in [0.1, 0.15) is 0 Å². The van der Waals surface area contributed by atoms with Crippen LogP contribution in [0.2, 0.25) is 0 Å². The lowest BCUT2D eigenvalue weighted by Crippen LogP contribution is -2.32. The third-order valence-corrected chi connectivity index (χ3v) is 5.03. The fourth-order valence-corrected chi connectivity index (χ4v) is 3.62. The molecule has 1 aliphatic rings. The number of carbonyl (C=O) groups excluding carboxylic acids is 1. The highest BCUT2D eigenvalue weighted by Gasteiger charge is 2.13. The molecule has 0 aliphatic carbocycles. The molecule has 0 saturated carbocycles. The SMILES string of the molecule is Cc1cc(N2CCSCC2)ccc1NC(=O)COc1ccccc1O. The lowest BCUT2D eigenvalue weighted by molar-refractivity contribution is -0.118. The van der Waals surface area contributed by atoms with Crippen LogP contribution in [0.3, 0.4) is 0 Å². The minimum absolute atomic E-state index is 0.0236. The summed E-state index contributed by atoms with van der Waals surface area (Å²) < 4.78 is 5.36. The minimum Gasteiger partial charge on any atom is -0.504 e. The monoisotopic (exact) mass is 358 g/mol. The maximum atomic E-state index is 12.1. The Labute approximate surface area is 152 Å². The van der Waals surface area contributed by atoms with Crippen LogP contribution in [0.4, 0.5) is 11.4 Å². The number of rotatable bonds is 5. The predicted molar refractivity (Wildman–Crippen MR) is 103 cm³/mol. The number of nitrogens with one attached hydrogen (secondary N) is 1. The Balaban J connectivity index is 1.58. The van der Waals surface area contributed by atoms with Crippen molar-refractivity contribution < 1.29 is 14.6 Å². The van der Waals surface area contributed by atoms with Crippen molar-refractivity contribution in [2.75, 3.05) is 41.4 Å². The first-order valence-electron chi connectivity index (χ1n) is 8.27. The number of aryl methyl sites for hydroxylation is 1. The summed E-state index contributed by atoms with van der Waals surface area (Å²) in [6.45, 7) is 3.96. The van der Waals surface area contributed by atoms with Gasteiger partial charge in [-0.1, -0.05) is 12.1 Å². The van der Waals surface area contributed by atoms with E-state index in [1.54, 1.807) is 18.2 Å². The number of phenolic OH excluding ortho intramolecular Hbond substituents is 1. The molecule has 5 nitrogen and oxygen atoms in total. The van der Waals surface area contributed by atoms with Crippen LogP contribution in [0.25, 0.3) is 0 Å². The van der Waals surface area contributed by atoms with E-state index < -0.39 is 0 Å². The molecule has 0 radical (unpaired) electrons. The summed E-state index contributed by atoms with van der Waals surface area (Å²) in [4.78, 5) is 14.5. The highest BCUT2D eigenvalue weighted by Crippen LogP contribution is 2.26. The summed E-state index contributed by atoms with van der Waals surface area (Å²) in [7, 11) is 0. The smallest absolute Gasteiger partial charge is 0.262 e. The molecule has 1 fully saturated rings. The van der Waals surface area contributed by atoms with Crippen LogP contribution in [0.15, 0.2) is 42.5 Å². The van der Waals surface area contributed by atoms with Gasteiger partial charge in [-0.3, -0.25) is 4.79 Å². The molecule has 1 heterocycles. The van der Waals surface area contributed by atoms with Crippen molar-refractivity contribution in [3.63, 3.8) is 0 Å². The largest absolute Gasteiger partial charge is 0.504 e. The molecule has 1 amide bonds. The summed E-state index contributed by atoms with van der Waals surface area (Å²) >= 11 is 1.98. The number of hydrogen-bond acceptors (Lipinski definition) is 5. The van der Waals surface area contributed by atoms with E-state index in [1.165, 1.54) is 11.8 Å². The number of nitrogens with zero attached hydrogens (tertiary/aromatic N) is 1.